The minimum Gasteiger partial charge on any atom is -0.382 e. The van der Waals surface area contributed by atoms with E-state index >= 15 is 0 Å². The molecule has 2 aromatic carbocycles. The number of nitriles is 1. The molecule has 0 saturated heterocycles. The lowest BCUT2D eigenvalue weighted by molar-refractivity contribution is 0.480. The number of rotatable bonds is 2. The van der Waals surface area contributed by atoms with Crippen molar-refractivity contribution in [2.75, 3.05) is 22.1 Å². The van der Waals surface area contributed by atoms with Gasteiger partial charge in [-0.25, -0.2) is 4.98 Å². The molecule has 8 heteroatoms. The van der Waals surface area contributed by atoms with Crippen molar-refractivity contribution in [3.8, 4) is 17.3 Å². The zero-order valence-corrected chi connectivity index (χ0v) is 17.4. The van der Waals surface area contributed by atoms with E-state index in [2.05, 4.69) is 27.9 Å². The van der Waals surface area contributed by atoms with Gasteiger partial charge < -0.3 is 21.3 Å². The first-order chi connectivity index (χ1) is 14.9. The van der Waals surface area contributed by atoms with Crippen molar-refractivity contribution >= 4 is 28.7 Å². The molecule has 1 aliphatic rings. The number of nitrogens with one attached hydrogen (secondary N) is 1. The Morgan fingerprint density at radius 1 is 1.13 bits per heavy atom. The third kappa shape index (κ3) is 3.79. The Labute approximate surface area is 181 Å². The van der Waals surface area contributed by atoms with E-state index in [1.54, 1.807) is 25.3 Å². The van der Waals surface area contributed by atoms with E-state index in [0.717, 1.165) is 22.6 Å². The fraction of sp³-hybridized carbons (Fsp3) is 0.217. The summed E-state index contributed by atoms with van der Waals surface area (Å²) in [6, 6.07) is 15.6. The molecular weight excluding hydrogens is 388 g/mol. The number of nitrogen functional groups attached to an aromatic ring is 1. The molecule has 2 heterocycles. The van der Waals surface area contributed by atoms with Crippen LogP contribution in [0.1, 0.15) is 19.4 Å². The minimum atomic E-state index is -0.346. The highest BCUT2D eigenvalue weighted by Gasteiger charge is 2.32. The Bertz CT molecular complexity index is 1150. The summed E-state index contributed by atoms with van der Waals surface area (Å²) < 4.78 is 0. The van der Waals surface area contributed by atoms with E-state index in [4.69, 9.17) is 22.1 Å². The van der Waals surface area contributed by atoms with Gasteiger partial charge in [-0.1, -0.05) is 13.0 Å². The lowest BCUT2D eigenvalue weighted by Gasteiger charge is -2.31. The maximum absolute atomic E-state index is 9.16. The first-order valence-corrected chi connectivity index (χ1v) is 9.98. The molecule has 0 spiro atoms. The highest BCUT2D eigenvalue weighted by atomic mass is 15.3. The number of hydrogen-bond donors (Lipinski definition) is 3. The van der Waals surface area contributed by atoms with Gasteiger partial charge in [0.2, 0.25) is 0 Å². The topological polar surface area (TPSA) is 132 Å². The van der Waals surface area contributed by atoms with Crippen molar-refractivity contribution in [2.24, 2.45) is 11.7 Å². The van der Waals surface area contributed by atoms with Gasteiger partial charge in [-0.3, -0.25) is 10.4 Å². The molecule has 5 N–H and O–H groups in total. The molecule has 8 nitrogen and oxygen atoms in total. The van der Waals surface area contributed by atoms with Crippen molar-refractivity contribution < 1.29 is 0 Å². The lowest BCUT2D eigenvalue weighted by Crippen LogP contribution is -2.49. The Morgan fingerprint density at radius 3 is 2.48 bits per heavy atom. The van der Waals surface area contributed by atoms with Gasteiger partial charge >= 0.3 is 0 Å². The van der Waals surface area contributed by atoms with E-state index < -0.39 is 0 Å². The molecule has 4 rings (SSSR count). The fourth-order valence-electron chi connectivity index (χ4n) is 3.86. The molecule has 0 fully saturated rings. The predicted octanol–water partition coefficient (Wildman–Crippen LogP) is 3.47. The van der Waals surface area contributed by atoms with Gasteiger partial charge in [0.15, 0.2) is 0 Å². The number of aromatic nitrogens is 2. The summed E-state index contributed by atoms with van der Waals surface area (Å²) in [6.07, 6.45) is 2.83. The van der Waals surface area contributed by atoms with Crippen molar-refractivity contribution in [2.45, 2.75) is 20.0 Å². The molecule has 2 unspecified atom stereocenters. The van der Waals surface area contributed by atoms with E-state index in [9.17, 15) is 0 Å². The number of benzene rings is 2. The first-order valence-electron chi connectivity index (χ1n) is 9.98. The van der Waals surface area contributed by atoms with Crippen LogP contribution in [-0.2, 0) is 0 Å². The van der Waals surface area contributed by atoms with Crippen LogP contribution >= 0.6 is 0 Å². The molecule has 0 bridgehead atoms. The van der Waals surface area contributed by atoms with Gasteiger partial charge in [0.25, 0.3) is 0 Å². The quantitative estimate of drug-likeness (QED) is 0.433. The van der Waals surface area contributed by atoms with Gasteiger partial charge in [-0.15, -0.1) is 0 Å². The van der Waals surface area contributed by atoms with E-state index in [1.165, 1.54) is 6.20 Å². The van der Waals surface area contributed by atoms with Crippen LogP contribution in [0.3, 0.4) is 0 Å². The Morgan fingerprint density at radius 2 is 1.87 bits per heavy atom. The van der Waals surface area contributed by atoms with Gasteiger partial charge in [0.05, 0.1) is 53.1 Å². The second-order valence-electron chi connectivity index (χ2n) is 7.72. The van der Waals surface area contributed by atoms with Crippen LogP contribution in [0.25, 0.3) is 11.3 Å². The van der Waals surface area contributed by atoms with Gasteiger partial charge in [-0.05, 0) is 43.3 Å². The van der Waals surface area contributed by atoms with Crippen molar-refractivity contribution in [3.63, 3.8) is 0 Å². The molecule has 1 aromatic heterocycles. The zero-order valence-electron chi connectivity index (χ0n) is 17.4. The maximum atomic E-state index is 9.16. The van der Waals surface area contributed by atoms with Crippen LogP contribution < -0.4 is 21.3 Å². The molecule has 3 aromatic rings. The van der Waals surface area contributed by atoms with E-state index in [0.29, 0.717) is 29.5 Å². The Kier molecular flexibility index (Phi) is 5.28. The highest BCUT2D eigenvalue weighted by Crippen LogP contribution is 2.41. The Balaban J connectivity index is 1.90. The third-order valence-electron chi connectivity index (χ3n) is 5.51. The molecule has 31 heavy (non-hydrogen) atoms. The largest absolute Gasteiger partial charge is 0.382 e. The molecule has 2 atom stereocenters. The van der Waals surface area contributed by atoms with Gasteiger partial charge in [-0.2, -0.15) is 5.26 Å². The summed E-state index contributed by atoms with van der Waals surface area (Å²) in [5.74, 6) is 0.813. The van der Waals surface area contributed by atoms with Gasteiger partial charge in [0, 0.05) is 23.7 Å². The second-order valence-corrected chi connectivity index (χ2v) is 7.72. The first kappa shape index (κ1) is 20.3. The zero-order chi connectivity index (χ0) is 22.1. The van der Waals surface area contributed by atoms with Crippen molar-refractivity contribution in [1.82, 2.24) is 9.97 Å². The summed E-state index contributed by atoms with van der Waals surface area (Å²) in [5.41, 5.74) is 17.2. The van der Waals surface area contributed by atoms with Gasteiger partial charge in [0.1, 0.15) is 5.82 Å². The lowest BCUT2D eigenvalue weighted by atomic mass is 10.1. The van der Waals surface area contributed by atoms with Crippen LogP contribution in [0.15, 0.2) is 54.9 Å². The van der Waals surface area contributed by atoms with E-state index in [1.807, 2.05) is 35.2 Å². The summed E-state index contributed by atoms with van der Waals surface area (Å²) in [6.45, 7) is 4.48. The summed E-state index contributed by atoms with van der Waals surface area (Å²) in [5, 5.41) is 17.5. The molecule has 156 valence electrons. The Hall–Kier alpha value is -3.96. The smallest absolute Gasteiger partial charge is 0.141 e. The van der Waals surface area contributed by atoms with Crippen LogP contribution in [0.2, 0.25) is 0 Å². The number of hydrogen-bond acceptors (Lipinski definition) is 7. The van der Waals surface area contributed by atoms with Crippen molar-refractivity contribution in [1.29, 1.82) is 10.7 Å². The van der Waals surface area contributed by atoms with Crippen LogP contribution in [-0.4, -0.2) is 28.5 Å². The average Bonchev–Trinajstić information content (AvgIpc) is 2.88. The highest BCUT2D eigenvalue weighted by molar-refractivity contribution is 5.99. The SMILES string of the molecule is CC(=N)N1c2ccc(-c3cnc(N)cn3)cc2N(c2ccc(C#N)cc2)CC(C)C1N. The monoisotopic (exact) mass is 412 g/mol. The minimum absolute atomic E-state index is 0.0723. The molecule has 0 radical (unpaired) electrons. The fourth-order valence-corrected chi connectivity index (χ4v) is 3.86. The van der Waals surface area contributed by atoms with Crippen LogP contribution in [0, 0.1) is 22.7 Å². The molecular formula is C23H24N8. The number of nitrogens with zero attached hydrogens (tertiary/aromatic N) is 5. The second kappa shape index (κ2) is 8.05. The summed E-state index contributed by atoms with van der Waals surface area (Å²) in [4.78, 5) is 12.6. The molecule has 1 aliphatic heterocycles. The van der Waals surface area contributed by atoms with E-state index in [-0.39, 0.29) is 12.1 Å². The average molecular weight is 413 g/mol. The van der Waals surface area contributed by atoms with Crippen LogP contribution in [0.5, 0.6) is 0 Å². The van der Waals surface area contributed by atoms with Crippen LogP contribution in [0.4, 0.5) is 22.9 Å². The summed E-state index contributed by atoms with van der Waals surface area (Å²) in [7, 11) is 0. The standard InChI is InChI=1S/C23H24N8/c1-14-13-30(18-6-3-16(10-24)4-7-18)21-9-17(19-11-29-22(26)12-28-19)5-8-20(21)31(15(2)25)23(14)27/h3-9,11-12,14,23,25H,13,27H2,1-2H3,(H2,26,29). The number of fused-ring (bicyclic) bond motifs is 1. The normalized spacial score (nSPS) is 18.1. The molecule has 0 aliphatic carbocycles. The number of nitrogens with two attached hydrogens (primary N) is 2. The number of amidine groups is 1. The summed E-state index contributed by atoms with van der Waals surface area (Å²) >= 11 is 0. The predicted molar refractivity (Wildman–Crippen MR) is 123 cm³/mol. The van der Waals surface area contributed by atoms with Crippen molar-refractivity contribution in [3.05, 3.63) is 60.4 Å². The third-order valence-corrected chi connectivity index (χ3v) is 5.51. The molecule has 0 saturated carbocycles. The molecule has 0 amide bonds. The number of anilines is 4. The maximum Gasteiger partial charge on any atom is 0.141 e.